The van der Waals surface area contributed by atoms with Gasteiger partial charge in [0.2, 0.25) is 0 Å². The van der Waals surface area contributed by atoms with Crippen molar-refractivity contribution in [3.8, 4) is 0 Å². The van der Waals surface area contributed by atoms with Crippen LogP contribution in [0, 0.1) is 24.2 Å². The Labute approximate surface area is 97.8 Å². The molecular formula is C15H31. The van der Waals surface area contributed by atoms with Gasteiger partial charge in [-0.15, -0.1) is 0 Å². The Bertz CT molecular complexity index is 124. The molecule has 0 spiro atoms. The summed E-state index contributed by atoms with van der Waals surface area (Å²) >= 11 is 0. The summed E-state index contributed by atoms with van der Waals surface area (Å²) in [5.41, 5.74) is 0. The van der Waals surface area contributed by atoms with Gasteiger partial charge in [-0.3, -0.25) is 0 Å². The molecular weight excluding hydrogens is 180 g/mol. The van der Waals surface area contributed by atoms with Crippen LogP contribution in [0.15, 0.2) is 0 Å². The zero-order valence-corrected chi connectivity index (χ0v) is 11.6. The normalized spacial score (nSPS) is 13.8. The van der Waals surface area contributed by atoms with E-state index in [0.717, 1.165) is 17.8 Å². The van der Waals surface area contributed by atoms with Crippen LogP contribution in [0.2, 0.25) is 0 Å². The van der Waals surface area contributed by atoms with Crippen LogP contribution in [0.1, 0.15) is 73.1 Å². The zero-order chi connectivity index (χ0) is 11.7. The fourth-order valence-corrected chi connectivity index (χ4v) is 1.81. The van der Waals surface area contributed by atoms with E-state index in [4.69, 9.17) is 0 Å². The molecule has 1 unspecified atom stereocenters. The van der Waals surface area contributed by atoms with Crippen LogP contribution in [0.25, 0.3) is 0 Å². The fourth-order valence-electron chi connectivity index (χ4n) is 1.81. The Kier molecular flexibility index (Phi) is 9.24. The Morgan fingerprint density at radius 1 is 0.800 bits per heavy atom. The van der Waals surface area contributed by atoms with E-state index >= 15 is 0 Å². The molecule has 0 fully saturated rings. The maximum absolute atomic E-state index is 2.51. The van der Waals surface area contributed by atoms with Crippen molar-refractivity contribution < 1.29 is 0 Å². The van der Waals surface area contributed by atoms with Gasteiger partial charge in [-0.05, 0) is 30.6 Å². The van der Waals surface area contributed by atoms with Crippen LogP contribution in [0.3, 0.4) is 0 Å². The number of unbranched alkanes of at least 4 members (excludes halogenated alkanes) is 2. The van der Waals surface area contributed by atoms with Crippen LogP contribution in [0.5, 0.6) is 0 Å². The van der Waals surface area contributed by atoms with Crippen molar-refractivity contribution in [3.63, 3.8) is 0 Å². The number of hydrogen-bond donors (Lipinski definition) is 0. The molecule has 0 aromatic rings. The van der Waals surface area contributed by atoms with E-state index in [9.17, 15) is 0 Å². The van der Waals surface area contributed by atoms with Crippen LogP contribution in [-0.4, -0.2) is 0 Å². The van der Waals surface area contributed by atoms with E-state index in [0.29, 0.717) is 0 Å². The molecule has 0 rings (SSSR count). The Morgan fingerprint density at radius 2 is 1.40 bits per heavy atom. The molecule has 0 saturated heterocycles. The minimum Gasteiger partial charge on any atom is -0.0628 e. The van der Waals surface area contributed by atoms with Gasteiger partial charge in [0.05, 0.1) is 0 Å². The summed E-state index contributed by atoms with van der Waals surface area (Å²) < 4.78 is 0. The summed E-state index contributed by atoms with van der Waals surface area (Å²) in [6.07, 6.45) is 10.7. The SMILES string of the molecule is CC(C)CCC[CH]CC(C)CCC(C)C. The fraction of sp³-hybridized carbons (Fsp3) is 0.933. The van der Waals surface area contributed by atoms with Crippen molar-refractivity contribution in [3.05, 3.63) is 6.42 Å². The molecule has 0 heterocycles. The summed E-state index contributed by atoms with van der Waals surface area (Å²) in [7, 11) is 0. The van der Waals surface area contributed by atoms with Crippen LogP contribution >= 0.6 is 0 Å². The van der Waals surface area contributed by atoms with Gasteiger partial charge in [0.1, 0.15) is 0 Å². The molecule has 0 aromatic carbocycles. The van der Waals surface area contributed by atoms with Gasteiger partial charge in [-0.1, -0.05) is 66.7 Å². The molecule has 0 amide bonds. The van der Waals surface area contributed by atoms with E-state index in [1.807, 2.05) is 0 Å². The average Bonchev–Trinajstić information content (AvgIpc) is 2.13. The molecule has 0 bridgehead atoms. The third-order valence-electron chi connectivity index (χ3n) is 3.00. The minimum absolute atomic E-state index is 0.869. The highest BCUT2D eigenvalue weighted by Crippen LogP contribution is 2.18. The van der Waals surface area contributed by atoms with E-state index in [1.165, 1.54) is 38.5 Å². The van der Waals surface area contributed by atoms with E-state index < -0.39 is 0 Å². The Balaban J connectivity index is 3.20. The largest absolute Gasteiger partial charge is 0.0628 e. The predicted octanol–water partition coefficient (Wildman–Crippen LogP) is 5.48. The maximum atomic E-state index is 2.51. The lowest BCUT2D eigenvalue weighted by atomic mass is 9.94. The lowest BCUT2D eigenvalue weighted by molar-refractivity contribution is 0.438. The van der Waals surface area contributed by atoms with Crippen molar-refractivity contribution in [1.29, 1.82) is 0 Å². The maximum Gasteiger partial charge on any atom is -0.0383 e. The van der Waals surface area contributed by atoms with E-state index in [-0.39, 0.29) is 0 Å². The molecule has 1 atom stereocenters. The predicted molar refractivity (Wildman–Crippen MR) is 70.8 cm³/mol. The third kappa shape index (κ3) is 11.9. The Hall–Kier alpha value is 0. The van der Waals surface area contributed by atoms with Crippen molar-refractivity contribution in [2.75, 3.05) is 0 Å². The second-order valence-electron chi connectivity index (χ2n) is 5.93. The topological polar surface area (TPSA) is 0 Å². The van der Waals surface area contributed by atoms with Crippen molar-refractivity contribution in [1.82, 2.24) is 0 Å². The highest BCUT2D eigenvalue weighted by molar-refractivity contribution is 4.69. The highest BCUT2D eigenvalue weighted by Gasteiger charge is 2.03. The van der Waals surface area contributed by atoms with Crippen LogP contribution in [0.4, 0.5) is 0 Å². The van der Waals surface area contributed by atoms with Gasteiger partial charge >= 0.3 is 0 Å². The van der Waals surface area contributed by atoms with E-state index in [1.54, 1.807) is 0 Å². The first-order chi connectivity index (χ1) is 7.02. The zero-order valence-electron chi connectivity index (χ0n) is 11.6. The molecule has 0 heteroatoms. The van der Waals surface area contributed by atoms with Gasteiger partial charge in [0.25, 0.3) is 0 Å². The smallest absolute Gasteiger partial charge is 0.0383 e. The molecule has 0 saturated carbocycles. The monoisotopic (exact) mass is 211 g/mol. The number of rotatable bonds is 9. The van der Waals surface area contributed by atoms with Crippen LogP contribution in [-0.2, 0) is 0 Å². The van der Waals surface area contributed by atoms with Gasteiger partial charge in [-0.2, -0.15) is 0 Å². The molecule has 0 N–H and O–H groups in total. The molecule has 91 valence electrons. The minimum atomic E-state index is 0.869. The summed E-state index contributed by atoms with van der Waals surface area (Å²) in [5.74, 6) is 2.64. The van der Waals surface area contributed by atoms with Gasteiger partial charge < -0.3 is 0 Å². The second-order valence-corrected chi connectivity index (χ2v) is 5.93. The molecule has 0 nitrogen and oxygen atoms in total. The summed E-state index contributed by atoms with van der Waals surface area (Å²) in [5, 5.41) is 0. The lowest BCUT2D eigenvalue weighted by Crippen LogP contribution is -1.98. The van der Waals surface area contributed by atoms with Crippen LogP contribution < -0.4 is 0 Å². The van der Waals surface area contributed by atoms with Gasteiger partial charge in [0.15, 0.2) is 0 Å². The lowest BCUT2D eigenvalue weighted by Gasteiger charge is -2.12. The van der Waals surface area contributed by atoms with Gasteiger partial charge in [-0.25, -0.2) is 0 Å². The van der Waals surface area contributed by atoms with Gasteiger partial charge in [0, 0.05) is 0 Å². The van der Waals surface area contributed by atoms with Crippen molar-refractivity contribution >= 4 is 0 Å². The van der Waals surface area contributed by atoms with Crippen molar-refractivity contribution in [2.24, 2.45) is 17.8 Å². The standard InChI is InChI=1S/C15H31/c1-13(2)9-7-6-8-10-15(5)12-11-14(3)4/h8,13-15H,6-7,9-12H2,1-5H3. The molecule has 0 aromatic heterocycles. The quantitative estimate of drug-likeness (QED) is 0.443. The second kappa shape index (κ2) is 9.24. The first kappa shape index (κ1) is 15.0. The Morgan fingerprint density at radius 3 is 1.93 bits per heavy atom. The number of hydrogen-bond acceptors (Lipinski definition) is 0. The molecule has 1 radical (unpaired) electrons. The molecule has 0 aliphatic carbocycles. The summed E-state index contributed by atoms with van der Waals surface area (Å²) in [6, 6.07) is 0. The summed E-state index contributed by atoms with van der Waals surface area (Å²) in [4.78, 5) is 0. The molecule has 0 aliphatic rings. The van der Waals surface area contributed by atoms with E-state index in [2.05, 4.69) is 41.0 Å². The molecule has 0 aliphatic heterocycles. The van der Waals surface area contributed by atoms with Crippen molar-refractivity contribution in [2.45, 2.75) is 73.1 Å². The average molecular weight is 211 g/mol. The highest BCUT2D eigenvalue weighted by atomic mass is 14.1. The summed E-state index contributed by atoms with van der Waals surface area (Å²) in [6.45, 7) is 11.6. The first-order valence-electron chi connectivity index (χ1n) is 6.84. The first-order valence-corrected chi connectivity index (χ1v) is 6.84. The molecule has 15 heavy (non-hydrogen) atoms. The third-order valence-corrected chi connectivity index (χ3v) is 3.00.